The van der Waals surface area contributed by atoms with Crippen LogP contribution < -0.4 is 5.32 Å². The summed E-state index contributed by atoms with van der Waals surface area (Å²) in [6.07, 6.45) is 13.1. The van der Waals surface area contributed by atoms with Crippen LogP contribution in [-0.2, 0) is 0 Å². The smallest absolute Gasteiger partial charge is 0.00683 e. The average Bonchev–Trinajstić information content (AvgIpc) is 3.18. The van der Waals surface area contributed by atoms with Gasteiger partial charge in [0.05, 0.1) is 0 Å². The third kappa shape index (κ3) is 4.28. The minimum Gasteiger partial charge on any atom is -0.314 e. The Kier molecular flexibility index (Phi) is 5.34. The van der Waals surface area contributed by atoms with E-state index in [9.17, 15) is 0 Å². The van der Waals surface area contributed by atoms with Gasteiger partial charge in [-0.05, 0) is 50.0 Å². The highest BCUT2D eigenvalue weighted by atomic mass is 14.9. The highest BCUT2D eigenvalue weighted by Crippen LogP contribution is 2.36. The first-order valence-electron chi connectivity index (χ1n) is 8.06. The molecular formula is C16H31N. The van der Waals surface area contributed by atoms with Crippen molar-refractivity contribution in [2.45, 2.75) is 77.7 Å². The average molecular weight is 237 g/mol. The Labute approximate surface area is 108 Å². The van der Waals surface area contributed by atoms with Crippen LogP contribution in [-0.4, -0.2) is 12.6 Å². The lowest BCUT2D eigenvalue weighted by atomic mass is 9.74. The van der Waals surface area contributed by atoms with Gasteiger partial charge in [-0.1, -0.05) is 46.0 Å². The van der Waals surface area contributed by atoms with Crippen molar-refractivity contribution in [3.8, 4) is 0 Å². The predicted molar refractivity (Wildman–Crippen MR) is 75.2 cm³/mol. The molecule has 1 nitrogen and oxygen atoms in total. The molecule has 0 bridgehead atoms. The first-order valence-corrected chi connectivity index (χ1v) is 8.06. The molecule has 1 heteroatoms. The van der Waals surface area contributed by atoms with E-state index in [2.05, 4.69) is 19.2 Å². The molecule has 0 radical (unpaired) electrons. The van der Waals surface area contributed by atoms with Crippen molar-refractivity contribution in [1.82, 2.24) is 5.32 Å². The summed E-state index contributed by atoms with van der Waals surface area (Å²) in [6.45, 7) is 6.05. The molecule has 0 spiro atoms. The molecule has 1 N–H and O–H groups in total. The summed E-state index contributed by atoms with van der Waals surface area (Å²) in [5, 5.41) is 3.77. The minimum atomic E-state index is 0.894. The second kappa shape index (κ2) is 6.78. The quantitative estimate of drug-likeness (QED) is 0.693. The lowest BCUT2D eigenvalue weighted by Gasteiger charge is -2.34. The van der Waals surface area contributed by atoms with Crippen LogP contribution in [0.4, 0.5) is 0 Å². The molecule has 2 fully saturated rings. The van der Waals surface area contributed by atoms with Crippen LogP contribution in [0.15, 0.2) is 0 Å². The van der Waals surface area contributed by atoms with Crippen molar-refractivity contribution in [2.24, 2.45) is 17.8 Å². The van der Waals surface area contributed by atoms with Gasteiger partial charge >= 0.3 is 0 Å². The monoisotopic (exact) mass is 237 g/mol. The highest BCUT2D eigenvalue weighted by molar-refractivity contribution is 4.85. The lowest BCUT2D eigenvalue weighted by molar-refractivity contribution is 0.187. The Bertz CT molecular complexity index is 206. The van der Waals surface area contributed by atoms with Crippen LogP contribution in [0.5, 0.6) is 0 Å². The van der Waals surface area contributed by atoms with Gasteiger partial charge in [0.15, 0.2) is 0 Å². The molecule has 2 unspecified atom stereocenters. The standard InChI is InChI=1S/C16H31N/c1-3-13(4-2)11-14-7-5-6-8-15(14)12-17-16-9-10-16/h13-17H,3-12H2,1-2H3. The third-order valence-electron chi connectivity index (χ3n) is 5.10. The van der Waals surface area contributed by atoms with E-state index in [0.29, 0.717) is 0 Å². The molecular weight excluding hydrogens is 206 g/mol. The molecule has 0 aromatic rings. The Morgan fingerprint density at radius 1 is 0.941 bits per heavy atom. The summed E-state index contributed by atoms with van der Waals surface area (Å²) in [5.74, 6) is 3.01. The van der Waals surface area contributed by atoms with Gasteiger partial charge in [0, 0.05) is 6.04 Å². The first-order chi connectivity index (χ1) is 8.33. The Hall–Kier alpha value is -0.0400. The molecule has 0 heterocycles. The van der Waals surface area contributed by atoms with Crippen LogP contribution in [0.25, 0.3) is 0 Å². The first kappa shape index (κ1) is 13.4. The van der Waals surface area contributed by atoms with Crippen LogP contribution in [0, 0.1) is 17.8 Å². The maximum Gasteiger partial charge on any atom is 0.00683 e. The number of rotatable bonds is 7. The lowest BCUT2D eigenvalue weighted by Crippen LogP contribution is -2.32. The Balaban J connectivity index is 1.77. The predicted octanol–water partition coefficient (Wildman–Crippen LogP) is 4.37. The summed E-state index contributed by atoms with van der Waals surface area (Å²) in [6, 6.07) is 0.894. The molecule has 0 saturated heterocycles. The molecule has 100 valence electrons. The van der Waals surface area contributed by atoms with Crippen molar-refractivity contribution < 1.29 is 0 Å². The Morgan fingerprint density at radius 3 is 2.18 bits per heavy atom. The van der Waals surface area contributed by atoms with Crippen LogP contribution in [0.2, 0.25) is 0 Å². The molecule has 0 aromatic carbocycles. The SMILES string of the molecule is CCC(CC)CC1CCCCC1CNC1CC1. The normalized spacial score (nSPS) is 29.8. The molecule has 2 aliphatic rings. The van der Waals surface area contributed by atoms with Crippen molar-refractivity contribution in [1.29, 1.82) is 0 Å². The van der Waals surface area contributed by atoms with E-state index in [1.165, 1.54) is 64.3 Å². The van der Waals surface area contributed by atoms with Gasteiger partial charge < -0.3 is 5.32 Å². The van der Waals surface area contributed by atoms with Gasteiger partial charge in [-0.3, -0.25) is 0 Å². The Morgan fingerprint density at radius 2 is 1.59 bits per heavy atom. The van der Waals surface area contributed by atoms with Crippen LogP contribution in [0.1, 0.15) is 71.6 Å². The van der Waals surface area contributed by atoms with Crippen LogP contribution >= 0.6 is 0 Å². The summed E-state index contributed by atoms with van der Waals surface area (Å²) in [5.41, 5.74) is 0. The summed E-state index contributed by atoms with van der Waals surface area (Å²) >= 11 is 0. The van der Waals surface area contributed by atoms with E-state index in [0.717, 1.165) is 23.8 Å². The molecule has 2 atom stereocenters. The minimum absolute atomic E-state index is 0.894. The number of hydrogen-bond acceptors (Lipinski definition) is 1. The van der Waals surface area contributed by atoms with Gasteiger partial charge in [-0.25, -0.2) is 0 Å². The fourth-order valence-corrected chi connectivity index (χ4v) is 3.52. The summed E-state index contributed by atoms with van der Waals surface area (Å²) in [4.78, 5) is 0. The molecule has 0 aliphatic heterocycles. The topological polar surface area (TPSA) is 12.0 Å². The van der Waals surface area contributed by atoms with Crippen LogP contribution in [0.3, 0.4) is 0 Å². The van der Waals surface area contributed by atoms with E-state index in [1.54, 1.807) is 0 Å². The van der Waals surface area contributed by atoms with Gasteiger partial charge in [-0.2, -0.15) is 0 Å². The number of hydrogen-bond donors (Lipinski definition) is 1. The van der Waals surface area contributed by atoms with Crippen molar-refractivity contribution in [3.63, 3.8) is 0 Å². The zero-order valence-electron chi connectivity index (χ0n) is 11.9. The fraction of sp³-hybridized carbons (Fsp3) is 1.00. The highest BCUT2D eigenvalue weighted by Gasteiger charge is 2.28. The van der Waals surface area contributed by atoms with Gasteiger partial charge in [-0.15, -0.1) is 0 Å². The van der Waals surface area contributed by atoms with E-state index in [-0.39, 0.29) is 0 Å². The van der Waals surface area contributed by atoms with E-state index in [4.69, 9.17) is 0 Å². The molecule has 17 heavy (non-hydrogen) atoms. The van der Waals surface area contributed by atoms with E-state index in [1.807, 2.05) is 0 Å². The zero-order chi connectivity index (χ0) is 12.1. The molecule has 2 saturated carbocycles. The molecule has 2 aliphatic carbocycles. The summed E-state index contributed by atoms with van der Waals surface area (Å²) in [7, 11) is 0. The summed E-state index contributed by atoms with van der Waals surface area (Å²) < 4.78 is 0. The maximum atomic E-state index is 3.77. The van der Waals surface area contributed by atoms with Crippen molar-refractivity contribution in [3.05, 3.63) is 0 Å². The van der Waals surface area contributed by atoms with Crippen molar-refractivity contribution >= 4 is 0 Å². The van der Waals surface area contributed by atoms with E-state index >= 15 is 0 Å². The van der Waals surface area contributed by atoms with Crippen molar-refractivity contribution in [2.75, 3.05) is 6.54 Å². The van der Waals surface area contributed by atoms with E-state index < -0.39 is 0 Å². The number of nitrogens with one attached hydrogen (secondary N) is 1. The largest absolute Gasteiger partial charge is 0.314 e. The zero-order valence-corrected chi connectivity index (χ0v) is 11.9. The second-order valence-electron chi connectivity index (χ2n) is 6.41. The molecule has 0 amide bonds. The van der Waals surface area contributed by atoms with Gasteiger partial charge in [0.2, 0.25) is 0 Å². The second-order valence-corrected chi connectivity index (χ2v) is 6.41. The van der Waals surface area contributed by atoms with Gasteiger partial charge in [0.25, 0.3) is 0 Å². The maximum absolute atomic E-state index is 3.77. The van der Waals surface area contributed by atoms with Gasteiger partial charge in [0.1, 0.15) is 0 Å². The molecule has 0 aromatic heterocycles. The fourth-order valence-electron chi connectivity index (χ4n) is 3.52. The molecule has 2 rings (SSSR count). The third-order valence-corrected chi connectivity index (χ3v) is 5.10.